The van der Waals surface area contributed by atoms with E-state index in [1.54, 1.807) is 0 Å². The molecule has 0 aliphatic carbocycles. The number of phenols is 1. The highest BCUT2D eigenvalue weighted by Crippen LogP contribution is 2.34. The maximum Gasteiger partial charge on any atom is 0.270 e. The van der Waals surface area contributed by atoms with Crippen LogP contribution < -0.4 is 5.32 Å². The number of nitrogens with zero attached hydrogens (tertiary/aromatic N) is 2. The van der Waals surface area contributed by atoms with Gasteiger partial charge in [0.25, 0.3) is 11.6 Å². The first-order chi connectivity index (χ1) is 14.7. The van der Waals surface area contributed by atoms with E-state index in [9.17, 15) is 20.0 Å². The van der Waals surface area contributed by atoms with Gasteiger partial charge in [0.15, 0.2) is 5.58 Å². The van der Waals surface area contributed by atoms with Crippen LogP contribution in [0.4, 0.5) is 11.4 Å². The van der Waals surface area contributed by atoms with E-state index < -0.39 is 10.8 Å². The molecule has 4 aromatic rings. The number of hydrogen-bond donors (Lipinski definition) is 2. The molecule has 3 aromatic carbocycles. The van der Waals surface area contributed by atoms with Crippen LogP contribution in [0.3, 0.4) is 0 Å². The highest BCUT2D eigenvalue weighted by atomic mass is 79.9. The summed E-state index contributed by atoms with van der Waals surface area (Å²) in [5.41, 5.74) is 3.84. The third-order valence-corrected chi connectivity index (χ3v) is 5.40. The van der Waals surface area contributed by atoms with Gasteiger partial charge >= 0.3 is 0 Å². The zero-order valence-corrected chi connectivity index (χ0v) is 18.1. The second kappa shape index (κ2) is 7.84. The number of amides is 1. The Morgan fingerprint density at radius 1 is 1.16 bits per heavy atom. The van der Waals surface area contributed by atoms with Crippen molar-refractivity contribution >= 4 is 44.3 Å². The Hall–Kier alpha value is -3.72. The minimum absolute atomic E-state index is 0.0598. The highest BCUT2D eigenvalue weighted by molar-refractivity contribution is 9.10. The number of anilines is 1. The van der Waals surface area contributed by atoms with Gasteiger partial charge in [0.05, 0.1) is 16.1 Å². The number of hydrogen-bond acceptors (Lipinski definition) is 6. The summed E-state index contributed by atoms with van der Waals surface area (Å²) in [7, 11) is 0. The molecule has 0 radical (unpaired) electrons. The molecule has 0 fully saturated rings. The maximum atomic E-state index is 12.7. The zero-order chi connectivity index (χ0) is 22.3. The fraction of sp³-hybridized carbons (Fsp3) is 0.0909. The largest absolute Gasteiger partial charge is 0.507 e. The predicted octanol–water partition coefficient (Wildman–Crippen LogP) is 5.74. The van der Waals surface area contributed by atoms with Crippen molar-refractivity contribution in [2.24, 2.45) is 0 Å². The molecule has 31 heavy (non-hydrogen) atoms. The summed E-state index contributed by atoms with van der Waals surface area (Å²) in [6, 6.07) is 12.3. The topological polar surface area (TPSA) is 118 Å². The molecular weight excluding hydrogens is 466 g/mol. The SMILES string of the molecule is Cc1cc(C)c2oc(-c3cc(NC(=O)c4cc([N+](=O)[O-])ccc4Br)ccc3O)nc2c1. The van der Waals surface area contributed by atoms with Crippen LogP contribution in [0.15, 0.2) is 57.4 Å². The van der Waals surface area contributed by atoms with E-state index in [2.05, 4.69) is 26.2 Å². The molecule has 0 spiro atoms. The monoisotopic (exact) mass is 481 g/mol. The summed E-state index contributed by atoms with van der Waals surface area (Å²) in [5.74, 6) is -0.388. The van der Waals surface area contributed by atoms with E-state index in [4.69, 9.17) is 4.42 Å². The summed E-state index contributed by atoms with van der Waals surface area (Å²) in [4.78, 5) is 27.6. The van der Waals surface area contributed by atoms with Crippen molar-refractivity contribution in [3.8, 4) is 17.2 Å². The van der Waals surface area contributed by atoms with Gasteiger partial charge in [-0.15, -0.1) is 0 Å². The van der Waals surface area contributed by atoms with Crippen LogP contribution in [0.5, 0.6) is 5.75 Å². The number of halogens is 1. The van der Waals surface area contributed by atoms with Crippen molar-refractivity contribution < 1.29 is 19.2 Å². The molecule has 0 aliphatic rings. The van der Waals surface area contributed by atoms with E-state index in [0.717, 1.165) is 11.1 Å². The number of aromatic hydroxyl groups is 1. The van der Waals surface area contributed by atoms with E-state index in [0.29, 0.717) is 26.8 Å². The summed E-state index contributed by atoms with van der Waals surface area (Å²) in [5, 5.41) is 24.0. The summed E-state index contributed by atoms with van der Waals surface area (Å²) >= 11 is 3.24. The average molecular weight is 482 g/mol. The lowest BCUT2D eigenvalue weighted by atomic mass is 10.1. The van der Waals surface area contributed by atoms with Crippen LogP contribution in [0, 0.1) is 24.0 Å². The van der Waals surface area contributed by atoms with E-state index in [1.807, 2.05) is 26.0 Å². The van der Waals surface area contributed by atoms with Gasteiger partial charge in [-0.1, -0.05) is 6.07 Å². The fourth-order valence-corrected chi connectivity index (χ4v) is 3.70. The highest BCUT2D eigenvalue weighted by Gasteiger charge is 2.18. The van der Waals surface area contributed by atoms with E-state index in [1.165, 1.54) is 36.4 Å². The molecule has 0 saturated heterocycles. The molecule has 1 aromatic heterocycles. The van der Waals surface area contributed by atoms with Gasteiger partial charge < -0.3 is 14.8 Å². The maximum absolute atomic E-state index is 12.7. The lowest BCUT2D eigenvalue weighted by molar-refractivity contribution is -0.384. The van der Waals surface area contributed by atoms with Crippen molar-refractivity contribution in [3.63, 3.8) is 0 Å². The first kappa shape index (κ1) is 20.5. The fourth-order valence-electron chi connectivity index (χ4n) is 3.28. The van der Waals surface area contributed by atoms with Crippen molar-refractivity contribution in [2.75, 3.05) is 5.32 Å². The Balaban J connectivity index is 1.69. The number of nitrogens with one attached hydrogen (secondary N) is 1. The number of aryl methyl sites for hydroxylation is 2. The van der Waals surface area contributed by atoms with Crippen LogP contribution in [0.1, 0.15) is 21.5 Å². The second-order valence-electron chi connectivity index (χ2n) is 7.06. The van der Waals surface area contributed by atoms with Gasteiger partial charge in [-0.2, -0.15) is 0 Å². The average Bonchev–Trinajstić information content (AvgIpc) is 3.13. The first-order valence-electron chi connectivity index (χ1n) is 9.19. The Bertz CT molecular complexity index is 1360. The third kappa shape index (κ3) is 3.99. The number of rotatable bonds is 4. The van der Waals surface area contributed by atoms with E-state index in [-0.39, 0.29) is 22.9 Å². The first-order valence-corrected chi connectivity index (χ1v) is 9.98. The number of carbonyl (C=O) groups is 1. The van der Waals surface area contributed by atoms with Gasteiger partial charge in [-0.3, -0.25) is 14.9 Å². The van der Waals surface area contributed by atoms with Gasteiger partial charge in [-0.25, -0.2) is 4.98 Å². The molecular formula is C22H16BrN3O5. The molecule has 1 heterocycles. The number of nitro groups is 1. The molecule has 1 amide bonds. The molecule has 0 bridgehead atoms. The molecule has 2 N–H and O–H groups in total. The van der Waals surface area contributed by atoms with Crippen molar-refractivity contribution in [3.05, 3.63) is 79.8 Å². The number of phenolic OH excluding ortho intramolecular Hbond substituents is 1. The molecule has 0 aliphatic heterocycles. The van der Waals surface area contributed by atoms with Crippen LogP contribution in [0.25, 0.3) is 22.6 Å². The quantitative estimate of drug-likeness (QED) is 0.218. The molecule has 0 unspecified atom stereocenters. The molecule has 9 heteroatoms. The van der Waals surface area contributed by atoms with Crippen molar-refractivity contribution in [1.29, 1.82) is 0 Å². The molecule has 8 nitrogen and oxygen atoms in total. The molecule has 0 saturated carbocycles. The van der Waals surface area contributed by atoms with Gasteiger partial charge in [0, 0.05) is 22.3 Å². The number of carbonyl (C=O) groups excluding carboxylic acids is 1. The Kier molecular flexibility index (Phi) is 5.20. The molecule has 156 valence electrons. The minimum Gasteiger partial charge on any atom is -0.507 e. The Morgan fingerprint density at radius 3 is 2.68 bits per heavy atom. The Labute approximate surface area is 184 Å². The predicted molar refractivity (Wildman–Crippen MR) is 119 cm³/mol. The third-order valence-electron chi connectivity index (χ3n) is 4.71. The normalized spacial score (nSPS) is 10.9. The van der Waals surface area contributed by atoms with Crippen LogP contribution in [-0.2, 0) is 0 Å². The lowest BCUT2D eigenvalue weighted by Gasteiger charge is -2.09. The summed E-state index contributed by atoms with van der Waals surface area (Å²) < 4.78 is 6.28. The number of oxazole rings is 1. The van der Waals surface area contributed by atoms with Crippen LogP contribution >= 0.6 is 15.9 Å². The van der Waals surface area contributed by atoms with Crippen LogP contribution in [-0.4, -0.2) is 20.9 Å². The number of fused-ring (bicyclic) bond motifs is 1. The van der Waals surface area contributed by atoms with Gasteiger partial charge in [0.2, 0.25) is 5.89 Å². The zero-order valence-electron chi connectivity index (χ0n) is 16.5. The number of non-ortho nitro benzene ring substituents is 1. The lowest BCUT2D eigenvalue weighted by Crippen LogP contribution is -2.13. The molecule has 4 rings (SSSR count). The standard InChI is InChI=1S/C22H16BrN3O5/c1-11-7-12(2)20-18(8-11)25-22(31-20)16-9-13(3-6-19(16)27)24-21(28)15-10-14(26(29)30)4-5-17(15)23/h3-10,27H,1-2H3,(H,24,28). The van der Waals surface area contributed by atoms with Gasteiger partial charge in [-0.05, 0) is 71.2 Å². The second-order valence-corrected chi connectivity index (χ2v) is 7.91. The number of nitro benzene ring substituents is 1. The summed E-state index contributed by atoms with van der Waals surface area (Å²) in [6.45, 7) is 3.87. The van der Waals surface area contributed by atoms with E-state index >= 15 is 0 Å². The molecule has 0 atom stereocenters. The smallest absolute Gasteiger partial charge is 0.270 e. The Morgan fingerprint density at radius 2 is 1.94 bits per heavy atom. The number of benzene rings is 3. The van der Waals surface area contributed by atoms with Crippen molar-refractivity contribution in [1.82, 2.24) is 4.98 Å². The van der Waals surface area contributed by atoms with Gasteiger partial charge in [0.1, 0.15) is 11.3 Å². The summed E-state index contributed by atoms with van der Waals surface area (Å²) in [6.07, 6.45) is 0. The van der Waals surface area contributed by atoms with Crippen LogP contribution in [0.2, 0.25) is 0 Å². The minimum atomic E-state index is -0.571. The van der Waals surface area contributed by atoms with Crippen molar-refractivity contribution in [2.45, 2.75) is 13.8 Å². The number of aromatic nitrogens is 1.